The second kappa shape index (κ2) is 4.20. The van der Waals surface area contributed by atoms with Crippen molar-refractivity contribution in [2.75, 3.05) is 13.7 Å². The van der Waals surface area contributed by atoms with Gasteiger partial charge >= 0.3 is 6.09 Å². The van der Waals surface area contributed by atoms with Crippen LogP contribution < -0.4 is 5.56 Å². The number of nitrogens with zero attached hydrogens (tertiary/aromatic N) is 2. The Bertz CT molecular complexity index is 509. The van der Waals surface area contributed by atoms with Crippen molar-refractivity contribution in [2.45, 2.75) is 26.3 Å². The van der Waals surface area contributed by atoms with Crippen LogP contribution in [0.4, 0.5) is 4.79 Å². The van der Waals surface area contributed by atoms with Gasteiger partial charge in [0, 0.05) is 12.1 Å². The number of amides is 1. The summed E-state index contributed by atoms with van der Waals surface area (Å²) in [4.78, 5) is 31.9. The van der Waals surface area contributed by atoms with Crippen LogP contribution in [0.1, 0.15) is 30.0 Å². The Morgan fingerprint density at radius 3 is 2.94 bits per heavy atom. The lowest BCUT2D eigenvalue weighted by atomic mass is 10.0. The van der Waals surface area contributed by atoms with E-state index in [1.807, 2.05) is 6.92 Å². The Morgan fingerprint density at radius 1 is 1.59 bits per heavy atom. The van der Waals surface area contributed by atoms with Crippen molar-refractivity contribution in [3.63, 3.8) is 0 Å². The van der Waals surface area contributed by atoms with E-state index in [2.05, 4.69) is 9.97 Å². The maximum absolute atomic E-state index is 11.7. The highest BCUT2D eigenvalue weighted by Gasteiger charge is 2.31. The summed E-state index contributed by atoms with van der Waals surface area (Å²) in [6.07, 6.45) is 0.125. The second-order valence-corrected chi connectivity index (χ2v) is 4.10. The second-order valence-electron chi connectivity index (χ2n) is 4.10. The van der Waals surface area contributed by atoms with E-state index in [0.29, 0.717) is 30.0 Å². The summed E-state index contributed by atoms with van der Waals surface area (Å²) in [5.41, 5.74) is 1.23. The first kappa shape index (κ1) is 11.6. The molecular weight excluding hydrogens is 222 g/mol. The number of fused-ring (bicyclic) bond motifs is 1. The average Bonchev–Trinajstić information content (AvgIpc) is 2.29. The van der Waals surface area contributed by atoms with E-state index < -0.39 is 0 Å². The number of ether oxygens (including phenoxy) is 1. The predicted octanol–water partition coefficient (Wildman–Crippen LogP) is 0.764. The molecule has 0 saturated carbocycles. The van der Waals surface area contributed by atoms with E-state index in [4.69, 9.17) is 4.74 Å². The third kappa shape index (κ3) is 1.90. The van der Waals surface area contributed by atoms with E-state index in [9.17, 15) is 9.59 Å². The zero-order chi connectivity index (χ0) is 12.6. The monoisotopic (exact) mass is 237 g/mol. The molecule has 1 aliphatic heterocycles. The van der Waals surface area contributed by atoms with Gasteiger partial charge in [-0.25, -0.2) is 9.78 Å². The number of aromatic nitrogens is 2. The van der Waals surface area contributed by atoms with Crippen LogP contribution in [0.3, 0.4) is 0 Å². The first-order valence-corrected chi connectivity index (χ1v) is 5.49. The van der Waals surface area contributed by atoms with Crippen molar-refractivity contribution in [1.29, 1.82) is 0 Å². The molecule has 1 aromatic rings. The molecule has 1 N–H and O–H groups in total. The number of aromatic amines is 1. The number of aryl methyl sites for hydroxylation is 1. The summed E-state index contributed by atoms with van der Waals surface area (Å²) in [7, 11) is 1.35. The van der Waals surface area contributed by atoms with Crippen LogP contribution in [0.5, 0.6) is 0 Å². The number of rotatable bonds is 0. The van der Waals surface area contributed by atoms with Gasteiger partial charge in [-0.15, -0.1) is 0 Å². The Hall–Kier alpha value is -1.85. The van der Waals surface area contributed by atoms with Crippen LogP contribution in [0.15, 0.2) is 4.79 Å². The zero-order valence-corrected chi connectivity index (χ0v) is 10.1. The van der Waals surface area contributed by atoms with Crippen LogP contribution in [-0.4, -0.2) is 34.6 Å². The maximum atomic E-state index is 11.7. The average molecular weight is 237 g/mol. The SMILES string of the molecule is COC(=O)N1CCc2c(nc(C)[nH]c2=O)C1C. The molecule has 2 rings (SSSR count). The molecule has 1 unspecified atom stereocenters. The topological polar surface area (TPSA) is 75.3 Å². The Morgan fingerprint density at radius 2 is 2.29 bits per heavy atom. The number of methoxy groups -OCH3 is 1. The summed E-state index contributed by atoms with van der Waals surface area (Å²) < 4.78 is 4.71. The Labute approximate surface area is 98.6 Å². The molecule has 6 heteroatoms. The minimum absolute atomic E-state index is 0.108. The first-order chi connectivity index (χ1) is 8.04. The fourth-order valence-corrected chi connectivity index (χ4v) is 2.16. The highest BCUT2D eigenvalue weighted by molar-refractivity contribution is 5.68. The molecule has 17 heavy (non-hydrogen) atoms. The fourth-order valence-electron chi connectivity index (χ4n) is 2.16. The molecular formula is C11H15N3O3. The van der Waals surface area contributed by atoms with Crippen LogP contribution >= 0.6 is 0 Å². The van der Waals surface area contributed by atoms with Crippen LogP contribution in [0.25, 0.3) is 0 Å². The predicted molar refractivity (Wildman–Crippen MR) is 60.8 cm³/mol. The van der Waals surface area contributed by atoms with E-state index in [-0.39, 0.29) is 17.7 Å². The molecule has 1 aromatic heterocycles. The third-order valence-electron chi connectivity index (χ3n) is 3.04. The van der Waals surface area contributed by atoms with Crippen molar-refractivity contribution < 1.29 is 9.53 Å². The Balaban J connectivity index is 2.45. The van der Waals surface area contributed by atoms with Crippen molar-refractivity contribution in [3.8, 4) is 0 Å². The van der Waals surface area contributed by atoms with Crippen molar-refractivity contribution in [1.82, 2.24) is 14.9 Å². The van der Waals surface area contributed by atoms with Gasteiger partial charge in [0.05, 0.1) is 18.8 Å². The molecule has 0 bridgehead atoms. The normalized spacial score (nSPS) is 18.8. The minimum atomic E-state index is -0.386. The molecule has 0 fully saturated rings. The highest BCUT2D eigenvalue weighted by atomic mass is 16.5. The van der Waals surface area contributed by atoms with Gasteiger partial charge in [-0.2, -0.15) is 0 Å². The van der Waals surface area contributed by atoms with E-state index in [0.717, 1.165) is 0 Å². The summed E-state index contributed by atoms with van der Waals surface area (Å²) in [6.45, 7) is 4.06. The molecule has 0 aliphatic carbocycles. The van der Waals surface area contributed by atoms with E-state index in [1.54, 1.807) is 11.8 Å². The van der Waals surface area contributed by atoms with Gasteiger partial charge in [0.2, 0.25) is 0 Å². The maximum Gasteiger partial charge on any atom is 0.410 e. The molecule has 6 nitrogen and oxygen atoms in total. The van der Waals surface area contributed by atoms with Crippen molar-refractivity contribution in [2.24, 2.45) is 0 Å². The van der Waals surface area contributed by atoms with E-state index in [1.165, 1.54) is 7.11 Å². The van der Waals surface area contributed by atoms with Gasteiger partial charge in [-0.05, 0) is 20.3 Å². The molecule has 1 atom stereocenters. The lowest BCUT2D eigenvalue weighted by Crippen LogP contribution is -2.41. The van der Waals surface area contributed by atoms with Gasteiger partial charge < -0.3 is 9.72 Å². The number of carbonyl (C=O) groups excluding carboxylic acids is 1. The standard InChI is InChI=1S/C11H15N3O3/c1-6-9-8(10(15)13-7(2)12-9)4-5-14(6)11(16)17-3/h6H,4-5H2,1-3H3,(H,12,13,15). The van der Waals surface area contributed by atoms with Crippen LogP contribution in [0, 0.1) is 6.92 Å². The zero-order valence-electron chi connectivity index (χ0n) is 10.1. The number of hydrogen-bond acceptors (Lipinski definition) is 4. The lowest BCUT2D eigenvalue weighted by molar-refractivity contribution is 0.103. The fraction of sp³-hybridized carbons (Fsp3) is 0.545. The van der Waals surface area contributed by atoms with Gasteiger partial charge in [0.1, 0.15) is 5.82 Å². The van der Waals surface area contributed by atoms with Gasteiger partial charge in [-0.3, -0.25) is 9.69 Å². The first-order valence-electron chi connectivity index (χ1n) is 5.49. The van der Waals surface area contributed by atoms with Crippen molar-refractivity contribution in [3.05, 3.63) is 27.4 Å². The summed E-state index contributed by atoms with van der Waals surface area (Å²) >= 11 is 0. The molecule has 0 spiro atoms. The van der Waals surface area contributed by atoms with Gasteiger partial charge in [0.15, 0.2) is 0 Å². The van der Waals surface area contributed by atoms with Gasteiger partial charge in [-0.1, -0.05) is 0 Å². The van der Waals surface area contributed by atoms with E-state index >= 15 is 0 Å². The molecule has 0 radical (unpaired) electrons. The molecule has 0 saturated heterocycles. The third-order valence-corrected chi connectivity index (χ3v) is 3.04. The Kier molecular flexibility index (Phi) is 2.87. The quantitative estimate of drug-likeness (QED) is 0.723. The van der Waals surface area contributed by atoms with Crippen molar-refractivity contribution >= 4 is 6.09 Å². The summed E-state index contributed by atoms with van der Waals surface area (Å²) in [5, 5.41) is 0. The number of carbonyl (C=O) groups is 1. The highest BCUT2D eigenvalue weighted by Crippen LogP contribution is 2.25. The largest absolute Gasteiger partial charge is 0.453 e. The molecule has 1 aliphatic rings. The van der Waals surface area contributed by atoms with Crippen LogP contribution in [-0.2, 0) is 11.2 Å². The summed E-state index contributed by atoms with van der Waals surface area (Å²) in [6, 6.07) is -0.229. The lowest BCUT2D eigenvalue weighted by Gasteiger charge is -2.32. The number of nitrogens with one attached hydrogen (secondary N) is 1. The number of hydrogen-bond donors (Lipinski definition) is 1. The molecule has 1 amide bonds. The number of H-pyrrole nitrogens is 1. The van der Waals surface area contributed by atoms with Crippen LogP contribution in [0.2, 0.25) is 0 Å². The molecule has 2 heterocycles. The molecule has 0 aromatic carbocycles. The summed E-state index contributed by atoms with van der Waals surface area (Å²) in [5.74, 6) is 0.562. The van der Waals surface area contributed by atoms with Gasteiger partial charge in [0.25, 0.3) is 5.56 Å². The minimum Gasteiger partial charge on any atom is -0.453 e. The molecule has 92 valence electrons. The smallest absolute Gasteiger partial charge is 0.410 e.